The summed E-state index contributed by atoms with van der Waals surface area (Å²) in [4.78, 5) is 25.8. The van der Waals surface area contributed by atoms with Crippen LogP contribution >= 0.6 is 22.9 Å². The first-order chi connectivity index (χ1) is 11.5. The highest BCUT2D eigenvalue weighted by atomic mass is 32.2. The summed E-state index contributed by atoms with van der Waals surface area (Å²) in [5, 5.41) is 3.11. The summed E-state index contributed by atoms with van der Waals surface area (Å²) in [5.41, 5.74) is -1.24. The van der Waals surface area contributed by atoms with Gasteiger partial charge >= 0.3 is 0 Å². The van der Waals surface area contributed by atoms with Crippen LogP contribution in [-0.4, -0.2) is 30.0 Å². The van der Waals surface area contributed by atoms with Gasteiger partial charge in [-0.2, -0.15) is 0 Å². The summed E-state index contributed by atoms with van der Waals surface area (Å²) in [6.07, 6.45) is 0. The number of anilines is 1. The maximum Gasteiger partial charge on any atom is 0.270 e. The van der Waals surface area contributed by atoms with Crippen molar-refractivity contribution in [1.82, 2.24) is 9.69 Å². The van der Waals surface area contributed by atoms with Gasteiger partial charge in [0, 0.05) is 31.1 Å². The molecule has 1 saturated heterocycles. The Morgan fingerprint density at radius 2 is 2.12 bits per heavy atom. The Labute approximate surface area is 142 Å². The minimum absolute atomic E-state index is 0.0279. The predicted molar refractivity (Wildman–Crippen MR) is 93.7 cm³/mol. The molecule has 0 saturated carbocycles. The lowest BCUT2D eigenvalue weighted by atomic mass is 10.1. The van der Waals surface area contributed by atoms with E-state index in [1.807, 2.05) is 6.92 Å². The molecule has 1 fully saturated rings. The predicted octanol–water partition coefficient (Wildman–Crippen LogP) is 2.24. The van der Waals surface area contributed by atoms with E-state index in [9.17, 15) is 14.0 Å². The number of piperazine rings is 1. The Hall–Kier alpha value is -1.84. The average Bonchev–Trinajstić information content (AvgIpc) is 2.90. The fraction of sp³-hybridized carbons (Fsp3) is 0.333. The lowest BCUT2D eigenvalue weighted by Crippen LogP contribution is -2.49. The van der Waals surface area contributed by atoms with E-state index in [2.05, 4.69) is 9.69 Å². The van der Waals surface area contributed by atoms with Gasteiger partial charge in [0.15, 0.2) is 5.82 Å². The first kappa shape index (κ1) is 15.7. The van der Waals surface area contributed by atoms with Crippen LogP contribution in [0.5, 0.6) is 0 Å². The fourth-order valence-corrected chi connectivity index (χ4v) is 5.10. The molecule has 0 amide bonds. The monoisotopic (exact) mass is 369 g/mol. The van der Waals surface area contributed by atoms with E-state index < -0.39 is 22.6 Å². The standard InChI is InChI=1S/C15H13F2N3O2S2/c1-6-5-20(3-2-18-6)11-8(16)4-7-12(21)9-14(22)19-24-15(9)23-13(7)10(11)17/h4,6,18H,2-3,5H2,1H3,(H,19,22). The van der Waals surface area contributed by atoms with E-state index in [0.717, 1.165) is 28.9 Å². The SMILES string of the molecule is CC1CN(c2c(F)cc3c(=O)c4c(=O)[nH]sc4sc3c2F)CCN1. The van der Waals surface area contributed by atoms with Crippen LogP contribution in [0, 0.1) is 11.6 Å². The number of fused-ring (bicyclic) bond motifs is 2. The zero-order valence-electron chi connectivity index (χ0n) is 12.6. The highest BCUT2D eigenvalue weighted by molar-refractivity contribution is 7.38. The molecule has 5 nitrogen and oxygen atoms in total. The van der Waals surface area contributed by atoms with Gasteiger partial charge in [-0.1, -0.05) is 0 Å². The van der Waals surface area contributed by atoms with Crippen molar-refractivity contribution in [2.45, 2.75) is 13.0 Å². The van der Waals surface area contributed by atoms with Crippen LogP contribution in [0.25, 0.3) is 19.5 Å². The quantitative estimate of drug-likeness (QED) is 0.691. The molecule has 0 bridgehead atoms. The topological polar surface area (TPSA) is 65.2 Å². The highest BCUT2D eigenvalue weighted by Crippen LogP contribution is 2.35. The zero-order valence-corrected chi connectivity index (χ0v) is 14.2. The van der Waals surface area contributed by atoms with Crippen LogP contribution in [0.2, 0.25) is 0 Å². The molecular weight excluding hydrogens is 356 g/mol. The van der Waals surface area contributed by atoms with Crippen molar-refractivity contribution >= 4 is 48.0 Å². The molecule has 3 heterocycles. The summed E-state index contributed by atoms with van der Waals surface area (Å²) >= 11 is 2.00. The third kappa shape index (κ3) is 2.27. The third-order valence-electron chi connectivity index (χ3n) is 4.17. The van der Waals surface area contributed by atoms with E-state index in [1.165, 1.54) is 0 Å². The second-order valence-corrected chi connectivity index (χ2v) is 7.92. The number of halogens is 2. The highest BCUT2D eigenvalue weighted by Gasteiger charge is 2.26. The van der Waals surface area contributed by atoms with Gasteiger partial charge in [0.1, 0.15) is 20.9 Å². The Morgan fingerprint density at radius 1 is 1.33 bits per heavy atom. The number of aromatic nitrogens is 1. The van der Waals surface area contributed by atoms with Gasteiger partial charge in [-0.25, -0.2) is 8.78 Å². The molecule has 9 heteroatoms. The van der Waals surface area contributed by atoms with Crippen molar-refractivity contribution in [2.75, 3.05) is 24.5 Å². The number of aromatic amines is 1. The molecule has 0 radical (unpaired) electrons. The van der Waals surface area contributed by atoms with Crippen LogP contribution in [0.15, 0.2) is 15.7 Å². The van der Waals surface area contributed by atoms with Crippen molar-refractivity contribution in [3.05, 3.63) is 38.3 Å². The van der Waals surface area contributed by atoms with Crippen LogP contribution in [0.3, 0.4) is 0 Å². The minimum Gasteiger partial charge on any atom is -0.364 e. The van der Waals surface area contributed by atoms with Gasteiger partial charge in [-0.05, 0) is 24.5 Å². The molecule has 0 aliphatic carbocycles. The molecule has 126 valence electrons. The number of hydrogen-bond acceptors (Lipinski definition) is 6. The molecule has 3 aromatic rings. The lowest BCUT2D eigenvalue weighted by molar-refractivity contribution is 0.471. The maximum absolute atomic E-state index is 15.0. The molecule has 4 rings (SSSR count). The number of H-pyrrole nitrogens is 1. The van der Waals surface area contributed by atoms with Crippen LogP contribution in [0.1, 0.15) is 6.92 Å². The van der Waals surface area contributed by atoms with Gasteiger partial charge in [-0.3, -0.25) is 14.0 Å². The third-order valence-corrected chi connectivity index (χ3v) is 6.34. The normalized spacial score (nSPS) is 18.6. The molecule has 1 aliphatic rings. The van der Waals surface area contributed by atoms with E-state index in [-0.39, 0.29) is 27.2 Å². The number of benzene rings is 1. The summed E-state index contributed by atoms with van der Waals surface area (Å²) in [6.45, 7) is 3.54. The van der Waals surface area contributed by atoms with E-state index in [0.29, 0.717) is 23.6 Å². The van der Waals surface area contributed by atoms with Crippen molar-refractivity contribution in [3.8, 4) is 0 Å². The molecule has 1 atom stereocenters. The maximum atomic E-state index is 15.0. The van der Waals surface area contributed by atoms with Crippen molar-refractivity contribution < 1.29 is 8.78 Å². The minimum atomic E-state index is -0.774. The molecule has 2 N–H and O–H groups in total. The number of rotatable bonds is 1. The fourth-order valence-electron chi connectivity index (χ4n) is 3.07. The molecule has 2 aromatic heterocycles. The summed E-state index contributed by atoms with van der Waals surface area (Å²) in [7, 11) is 0. The average molecular weight is 369 g/mol. The van der Waals surface area contributed by atoms with Gasteiger partial charge in [0.2, 0.25) is 5.43 Å². The van der Waals surface area contributed by atoms with E-state index in [4.69, 9.17) is 0 Å². The smallest absolute Gasteiger partial charge is 0.270 e. The molecule has 1 unspecified atom stereocenters. The Kier molecular flexibility index (Phi) is 3.66. The second kappa shape index (κ2) is 5.61. The summed E-state index contributed by atoms with van der Waals surface area (Å²) in [5.74, 6) is -1.51. The van der Waals surface area contributed by atoms with Crippen molar-refractivity contribution in [3.63, 3.8) is 0 Å². The molecule has 24 heavy (non-hydrogen) atoms. The van der Waals surface area contributed by atoms with Crippen molar-refractivity contribution in [1.29, 1.82) is 0 Å². The van der Waals surface area contributed by atoms with E-state index >= 15 is 4.39 Å². The number of hydrogen-bond donors (Lipinski definition) is 2. The van der Waals surface area contributed by atoms with Crippen LogP contribution in [0.4, 0.5) is 14.5 Å². The molecule has 1 aliphatic heterocycles. The van der Waals surface area contributed by atoms with Crippen LogP contribution < -0.4 is 21.2 Å². The molecular formula is C15H13F2N3O2S2. The van der Waals surface area contributed by atoms with Gasteiger partial charge < -0.3 is 10.2 Å². The number of nitrogens with one attached hydrogen (secondary N) is 2. The largest absolute Gasteiger partial charge is 0.364 e. The first-order valence-electron chi connectivity index (χ1n) is 7.41. The lowest BCUT2D eigenvalue weighted by Gasteiger charge is -2.34. The first-order valence-corrected chi connectivity index (χ1v) is 9.05. The van der Waals surface area contributed by atoms with Crippen LogP contribution in [-0.2, 0) is 0 Å². The van der Waals surface area contributed by atoms with Gasteiger partial charge in [-0.15, -0.1) is 11.3 Å². The van der Waals surface area contributed by atoms with Gasteiger partial charge in [0.05, 0.1) is 4.70 Å². The Morgan fingerprint density at radius 3 is 2.88 bits per heavy atom. The number of nitrogens with zero attached hydrogens (tertiary/aromatic N) is 1. The second-order valence-electron chi connectivity index (χ2n) is 5.83. The summed E-state index contributed by atoms with van der Waals surface area (Å²) < 4.78 is 32.6. The summed E-state index contributed by atoms with van der Waals surface area (Å²) in [6, 6.07) is 1.17. The molecule has 1 aromatic carbocycles. The van der Waals surface area contributed by atoms with Crippen molar-refractivity contribution in [2.24, 2.45) is 0 Å². The zero-order chi connectivity index (χ0) is 17.0. The Balaban J connectivity index is 2.02. The Bertz CT molecular complexity index is 1070. The van der Waals surface area contributed by atoms with E-state index in [1.54, 1.807) is 4.90 Å². The van der Waals surface area contributed by atoms with Gasteiger partial charge in [0.25, 0.3) is 5.56 Å². The molecule has 0 spiro atoms.